The van der Waals surface area contributed by atoms with Crippen LogP contribution in [0.2, 0.25) is 0 Å². The number of fused-ring (bicyclic) bond motifs is 2. The molecule has 2 aliphatic rings. The van der Waals surface area contributed by atoms with Gasteiger partial charge in [0.05, 0.1) is 11.9 Å². The molecule has 3 heterocycles. The third-order valence-electron chi connectivity index (χ3n) is 6.34. The Kier molecular flexibility index (Phi) is 5.04. The summed E-state index contributed by atoms with van der Waals surface area (Å²) in [6.45, 7) is 7.04. The second kappa shape index (κ2) is 7.47. The van der Waals surface area contributed by atoms with Crippen LogP contribution in [0.25, 0.3) is 0 Å². The molecular formula is C22H29N3O2. The largest absolute Gasteiger partial charge is 0.361 e. The van der Waals surface area contributed by atoms with Crippen LogP contribution in [0.3, 0.4) is 0 Å². The van der Waals surface area contributed by atoms with Gasteiger partial charge in [-0.25, -0.2) is 0 Å². The molecule has 1 aromatic carbocycles. The maximum absolute atomic E-state index is 13.1. The zero-order chi connectivity index (χ0) is 19.0. The number of amides is 1. The minimum Gasteiger partial charge on any atom is -0.361 e. The molecule has 2 bridgehead atoms. The predicted molar refractivity (Wildman–Crippen MR) is 104 cm³/mol. The van der Waals surface area contributed by atoms with Gasteiger partial charge < -0.3 is 9.42 Å². The summed E-state index contributed by atoms with van der Waals surface area (Å²) in [6, 6.07) is 8.92. The minimum atomic E-state index is 0.210. The first-order valence-corrected chi connectivity index (χ1v) is 10.1. The van der Waals surface area contributed by atoms with E-state index < -0.39 is 0 Å². The molecule has 2 saturated heterocycles. The molecule has 0 radical (unpaired) electrons. The average Bonchev–Trinajstić information content (AvgIpc) is 3.14. The van der Waals surface area contributed by atoms with Crippen LogP contribution in [-0.4, -0.2) is 34.7 Å². The van der Waals surface area contributed by atoms with Gasteiger partial charge in [-0.1, -0.05) is 29.4 Å². The van der Waals surface area contributed by atoms with E-state index in [-0.39, 0.29) is 12.1 Å². The molecule has 2 fully saturated rings. The van der Waals surface area contributed by atoms with Gasteiger partial charge in [0.2, 0.25) is 5.91 Å². The van der Waals surface area contributed by atoms with Gasteiger partial charge in [-0.3, -0.25) is 10.1 Å². The Morgan fingerprint density at radius 1 is 1.26 bits per heavy atom. The van der Waals surface area contributed by atoms with Crippen molar-refractivity contribution in [2.45, 2.75) is 71.0 Å². The SMILES string of the molecule is Cc1ccccc1C1CNC2CCC1N2C(=O)CCCc1c(C)noc1C. The van der Waals surface area contributed by atoms with E-state index in [1.807, 2.05) is 13.8 Å². The van der Waals surface area contributed by atoms with Crippen molar-refractivity contribution < 1.29 is 9.32 Å². The fourth-order valence-corrected chi connectivity index (χ4v) is 4.92. The van der Waals surface area contributed by atoms with Crippen molar-refractivity contribution in [2.75, 3.05) is 6.54 Å². The average molecular weight is 367 g/mol. The van der Waals surface area contributed by atoms with Crippen LogP contribution in [0, 0.1) is 20.8 Å². The lowest BCUT2D eigenvalue weighted by Crippen LogP contribution is -2.56. The Bertz CT molecular complexity index is 809. The van der Waals surface area contributed by atoms with E-state index in [9.17, 15) is 4.79 Å². The van der Waals surface area contributed by atoms with Crippen LogP contribution in [-0.2, 0) is 11.2 Å². The normalized spacial score (nSPS) is 24.4. The molecule has 27 heavy (non-hydrogen) atoms. The number of hydrogen-bond acceptors (Lipinski definition) is 4. The Hall–Kier alpha value is -2.14. The van der Waals surface area contributed by atoms with Crippen LogP contribution in [0.1, 0.15) is 59.7 Å². The standard InChI is InChI=1S/C22H29N3O2/c1-14-7-4-5-8-17(14)19-13-23-21-12-11-20(19)25(21)22(26)10-6-9-18-15(2)24-27-16(18)3/h4-5,7-8,19-21,23H,6,9-13H2,1-3H3. The molecule has 5 nitrogen and oxygen atoms in total. The van der Waals surface area contributed by atoms with Crippen molar-refractivity contribution >= 4 is 5.91 Å². The molecule has 0 spiro atoms. The minimum absolute atomic E-state index is 0.210. The second-order valence-electron chi connectivity index (χ2n) is 7.99. The second-order valence-corrected chi connectivity index (χ2v) is 7.99. The zero-order valence-electron chi connectivity index (χ0n) is 16.5. The maximum Gasteiger partial charge on any atom is 0.224 e. The monoisotopic (exact) mass is 367 g/mol. The first-order chi connectivity index (χ1) is 13.1. The number of carbonyl (C=O) groups is 1. The summed E-state index contributed by atoms with van der Waals surface area (Å²) in [6.07, 6.45) is 4.63. The molecule has 0 aliphatic carbocycles. The van der Waals surface area contributed by atoms with Crippen molar-refractivity contribution in [1.29, 1.82) is 0 Å². The van der Waals surface area contributed by atoms with E-state index in [4.69, 9.17) is 4.52 Å². The van der Waals surface area contributed by atoms with Crippen molar-refractivity contribution in [2.24, 2.45) is 0 Å². The van der Waals surface area contributed by atoms with Crippen LogP contribution in [0.4, 0.5) is 0 Å². The third-order valence-corrected chi connectivity index (χ3v) is 6.34. The number of benzene rings is 1. The molecule has 2 aromatic rings. The van der Waals surface area contributed by atoms with E-state index in [1.165, 1.54) is 11.1 Å². The number of nitrogens with zero attached hydrogens (tertiary/aromatic N) is 2. The van der Waals surface area contributed by atoms with Crippen molar-refractivity contribution in [3.8, 4) is 0 Å². The molecule has 1 N–H and O–H groups in total. The fraction of sp³-hybridized carbons (Fsp3) is 0.545. The molecule has 3 atom stereocenters. The van der Waals surface area contributed by atoms with Gasteiger partial charge in [-0.2, -0.15) is 0 Å². The number of nitrogens with one attached hydrogen (secondary N) is 1. The quantitative estimate of drug-likeness (QED) is 0.877. The van der Waals surface area contributed by atoms with Crippen LogP contribution in [0.15, 0.2) is 28.8 Å². The summed E-state index contributed by atoms with van der Waals surface area (Å²) >= 11 is 0. The Balaban J connectivity index is 1.43. The molecule has 1 amide bonds. The first-order valence-electron chi connectivity index (χ1n) is 10.1. The highest BCUT2D eigenvalue weighted by Crippen LogP contribution is 2.38. The Morgan fingerprint density at radius 2 is 2.07 bits per heavy atom. The van der Waals surface area contributed by atoms with E-state index in [2.05, 4.69) is 46.6 Å². The molecule has 1 aromatic heterocycles. The van der Waals surface area contributed by atoms with Gasteiger partial charge in [0.25, 0.3) is 0 Å². The number of carbonyl (C=O) groups excluding carboxylic acids is 1. The molecule has 4 rings (SSSR count). The Labute approximate surface area is 161 Å². The van der Waals surface area contributed by atoms with E-state index in [1.54, 1.807) is 0 Å². The summed E-state index contributed by atoms with van der Waals surface area (Å²) in [5.74, 6) is 1.54. The number of aryl methyl sites for hydroxylation is 3. The van der Waals surface area contributed by atoms with E-state index >= 15 is 0 Å². The highest BCUT2D eigenvalue weighted by atomic mass is 16.5. The summed E-state index contributed by atoms with van der Waals surface area (Å²) < 4.78 is 5.23. The Morgan fingerprint density at radius 3 is 2.81 bits per heavy atom. The van der Waals surface area contributed by atoms with E-state index in [0.29, 0.717) is 18.4 Å². The topological polar surface area (TPSA) is 58.4 Å². The van der Waals surface area contributed by atoms with Gasteiger partial charge in [0, 0.05) is 30.5 Å². The summed E-state index contributed by atoms with van der Waals surface area (Å²) in [5.41, 5.74) is 4.80. The lowest BCUT2D eigenvalue weighted by Gasteiger charge is -2.41. The molecule has 5 heteroatoms. The van der Waals surface area contributed by atoms with Gasteiger partial charge in [0.1, 0.15) is 5.76 Å². The van der Waals surface area contributed by atoms with Gasteiger partial charge in [0.15, 0.2) is 0 Å². The van der Waals surface area contributed by atoms with Crippen LogP contribution in [0.5, 0.6) is 0 Å². The van der Waals surface area contributed by atoms with Crippen LogP contribution >= 0.6 is 0 Å². The highest BCUT2D eigenvalue weighted by molar-refractivity contribution is 5.77. The van der Waals surface area contributed by atoms with Crippen molar-refractivity contribution in [3.05, 3.63) is 52.4 Å². The predicted octanol–water partition coefficient (Wildman–Crippen LogP) is 3.63. The van der Waals surface area contributed by atoms with Gasteiger partial charge >= 0.3 is 0 Å². The molecule has 144 valence electrons. The number of rotatable bonds is 5. The fourth-order valence-electron chi connectivity index (χ4n) is 4.92. The summed E-state index contributed by atoms with van der Waals surface area (Å²) in [7, 11) is 0. The number of hydrogen-bond donors (Lipinski definition) is 1. The summed E-state index contributed by atoms with van der Waals surface area (Å²) in [4.78, 5) is 15.2. The molecule has 3 unspecified atom stereocenters. The molecular weight excluding hydrogens is 338 g/mol. The van der Waals surface area contributed by atoms with Crippen molar-refractivity contribution in [3.63, 3.8) is 0 Å². The van der Waals surface area contributed by atoms with Crippen LogP contribution < -0.4 is 5.32 Å². The smallest absolute Gasteiger partial charge is 0.224 e. The zero-order valence-corrected chi connectivity index (χ0v) is 16.5. The van der Waals surface area contributed by atoms with Gasteiger partial charge in [-0.15, -0.1) is 0 Å². The lowest BCUT2D eigenvalue weighted by molar-refractivity contribution is -0.136. The van der Waals surface area contributed by atoms with E-state index in [0.717, 1.165) is 49.2 Å². The van der Waals surface area contributed by atoms with Crippen molar-refractivity contribution in [1.82, 2.24) is 15.4 Å². The van der Waals surface area contributed by atoms with Gasteiger partial charge in [-0.05, 0) is 57.6 Å². The first kappa shape index (κ1) is 18.2. The highest BCUT2D eigenvalue weighted by Gasteiger charge is 2.45. The maximum atomic E-state index is 13.1. The number of aromatic nitrogens is 1. The lowest BCUT2D eigenvalue weighted by atomic mass is 9.86. The summed E-state index contributed by atoms with van der Waals surface area (Å²) in [5, 5.41) is 7.63. The molecule has 2 aliphatic heterocycles. The molecule has 0 saturated carbocycles. The third kappa shape index (κ3) is 3.41.